The summed E-state index contributed by atoms with van der Waals surface area (Å²) < 4.78 is 33.3. The van der Waals surface area contributed by atoms with Gasteiger partial charge in [0.25, 0.3) is 5.91 Å². The Bertz CT molecular complexity index is 1590. The van der Waals surface area contributed by atoms with Gasteiger partial charge in [0.15, 0.2) is 15.5 Å². The van der Waals surface area contributed by atoms with Gasteiger partial charge >= 0.3 is 0 Å². The SMILES string of the molecule is Cc1c(C(=O)N2CCC(Oc3ncnc4c3cnn4-c3ccc(S(C)(=O)=O)cc3)CC2)cnn1C(C)(C)C. The van der Waals surface area contributed by atoms with Gasteiger partial charge in [0.2, 0.25) is 5.88 Å². The summed E-state index contributed by atoms with van der Waals surface area (Å²) in [7, 11) is -3.29. The van der Waals surface area contributed by atoms with Crippen LogP contribution in [0.2, 0.25) is 0 Å². The third-order valence-electron chi connectivity index (χ3n) is 6.72. The molecule has 38 heavy (non-hydrogen) atoms. The zero-order valence-corrected chi connectivity index (χ0v) is 22.9. The number of hydrogen-bond acceptors (Lipinski definition) is 8. The van der Waals surface area contributed by atoms with Crippen molar-refractivity contribution in [3.63, 3.8) is 0 Å². The molecule has 0 aliphatic carbocycles. The molecule has 0 bridgehead atoms. The number of likely N-dealkylation sites (tertiary alicyclic amines) is 1. The number of nitrogens with zero attached hydrogens (tertiary/aromatic N) is 7. The minimum Gasteiger partial charge on any atom is -0.474 e. The highest BCUT2D eigenvalue weighted by atomic mass is 32.2. The average Bonchev–Trinajstić information content (AvgIpc) is 3.48. The van der Waals surface area contributed by atoms with Crippen LogP contribution in [-0.4, -0.2) is 74.2 Å². The second-order valence-corrected chi connectivity index (χ2v) is 12.6. The van der Waals surface area contributed by atoms with Gasteiger partial charge in [-0.25, -0.2) is 23.1 Å². The Labute approximate surface area is 221 Å². The molecule has 4 heterocycles. The molecule has 0 saturated carbocycles. The van der Waals surface area contributed by atoms with Gasteiger partial charge in [-0.15, -0.1) is 0 Å². The molecule has 0 atom stereocenters. The highest BCUT2D eigenvalue weighted by molar-refractivity contribution is 7.90. The van der Waals surface area contributed by atoms with Gasteiger partial charge in [0.1, 0.15) is 17.8 Å². The van der Waals surface area contributed by atoms with Gasteiger partial charge < -0.3 is 9.64 Å². The maximum Gasteiger partial charge on any atom is 0.257 e. The fourth-order valence-electron chi connectivity index (χ4n) is 4.74. The Hall–Kier alpha value is -3.80. The Morgan fingerprint density at radius 3 is 2.32 bits per heavy atom. The number of ether oxygens (including phenoxy) is 1. The van der Waals surface area contributed by atoms with Gasteiger partial charge in [-0.2, -0.15) is 10.2 Å². The lowest BCUT2D eigenvalue weighted by Gasteiger charge is -2.32. The summed E-state index contributed by atoms with van der Waals surface area (Å²) in [5, 5.41) is 9.52. The van der Waals surface area contributed by atoms with Crippen molar-refractivity contribution in [2.75, 3.05) is 19.3 Å². The van der Waals surface area contributed by atoms with Crippen LogP contribution < -0.4 is 4.74 Å². The first-order chi connectivity index (χ1) is 17.9. The maximum absolute atomic E-state index is 13.2. The minimum absolute atomic E-state index is 0.0101. The lowest BCUT2D eigenvalue weighted by Crippen LogP contribution is -2.42. The molecule has 1 saturated heterocycles. The van der Waals surface area contributed by atoms with Crippen molar-refractivity contribution in [1.82, 2.24) is 34.4 Å². The van der Waals surface area contributed by atoms with Crippen LogP contribution in [0.1, 0.15) is 49.7 Å². The molecule has 5 rings (SSSR count). The molecule has 0 spiro atoms. The molecule has 1 amide bonds. The summed E-state index contributed by atoms with van der Waals surface area (Å²) in [5.41, 5.74) is 2.54. The van der Waals surface area contributed by atoms with Crippen LogP contribution in [0, 0.1) is 6.92 Å². The summed E-state index contributed by atoms with van der Waals surface area (Å²) in [5.74, 6) is 0.421. The molecule has 1 aliphatic rings. The number of piperidine rings is 1. The molecule has 0 radical (unpaired) electrons. The predicted molar refractivity (Wildman–Crippen MR) is 141 cm³/mol. The first-order valence-corrected chi connectivity index (χ1v) is 14.3. The van der Waals surface area contributed by atoms with Crippen molar-refractivity contribution < 1.29 is 17.9 Å². The smallest absolute Gasteiger partial charge is 0.257 e. The Balaban J connectivity index is 1.28. The lowest BCUT2D eigenvalue weighted by atomic mass is 10.1. The number of rotatable bonds is 5. The number of hydrogen-bond donors (Lipinski definition) is 0. The van der Waals surface area contributed by atoms with Gasteiger partial charge in [0, 0.05) is 37.9 Å². The van der Waals surface area contributed by atoms with Crippen molar-refractivity contribution in [2.24, 2.45) is 0 Å². The quantitative estimate of drug-likeness (QED) is 0.380. The van der Waals surface area contributed by atoms with Gasteiger partial charge in [-0.1, -0.05) is 0 Å². The van der Waals surface area contributed by atoms with Crippen LogP contribution in [-0.2, 0) is 15.4 Å². The monoisotopic (exact) mass is 537 g/mol. The Kier molecular flexibility index (Phi) is 6.46. The zero-order chi connectivity index (χ0) is 27.2. The number of fused-ring (bicyclic) bond motifs is 1. The molecular formula is C26H31N7O4S. The van der Waals surface area contributed by atoms with Crippen LogP contribution in [0.15, 0.2) is 47.9 Å². The van der Waals surface area contributed by atoms with E-state index in [-0.39, 0.29) is 22.4 Å². The summed E-state index contributed by atoms with van der Waals surface area (Å²) >= 11 is 0. The second-order valence-electron chi connectivity index (χ2n) is 10.6. The molecule has 3 aromatic heterocycles. The number of carbonyl (C=O) groups is 1. The largest absolute Gasteiger partial charge is 0.474 e. The van der Waals surface area contributed by atoms with E-state index in [0.717, 1.165) is 5.69 Å². The summed E-state index contributed by atoms with van der Waals surface area (Å²) in [6.45, 7) is 9.27. The Morgan fingerprint density at radius 1 is 1.03 bits per heavy atom. The molecule has 4 aromatic rings. The standard InChI is InChI=1S/C26H31N7O4S/c1-17-21(14-30-33(17)26(2,3)4)25(34)31-12-10-19(11-13-31)37-24-22-15-29-32(23(22)27-16-28-24)18-6-8-20(9-7-18)38(5,35)36/h6-9,14-16,19H,10-13H2,1-5H3. The maximum atomic E-state index is 13.2. The van der Waals surface area contributed by atoms with Crippen molar-refractivity contribution >= 4 is 26.8 Å². The van der Waals surface area contributed by atoms with E-state index in [0.29, 0.717) is 54.1 Å². The summed E-state index contributed by atoms with van der Waals surface area (Å²) in [6.07, 6.45) is 7.14. The minimum atomic E-state index is -3.29. The van der Waals surface area contributed by atoms with Crippen LogP contribution >= 0.6 is 0 Å². The average molecular weight is 538 g/mol. The summed E-state index contributed by atoms with van der Waals surface area (Å²) in [4.78, 5) is 24.0. The topological polar surface area (TPSA) is 125 Å². The third kappa shape index (κ3) is 4.87. The normalized spacial score (nSPS) is 15.2. The first-order valence-electron chi connectivity index (χ1n) is 12.4. The van der Waals surface area contributed by atoms with Gasteiger partial charge in [-0.3, -0.25) is 9.48 Å². The Morgan fingerprint density at radius 2 is 1.71 bits per heavy atom. The molecule has 200 valence electrons. The fraction of sp³-hybridized carbons (Fsp3) is 0.423. The molecule has 1 aromatic carbocycles. The highest BCUT2D eigenvalue weighted by Crippen LogP contribution is 2.27. The van der Waals surface area contributed by atoms with E-state index in [9.17, 15) is 13.2 Å². The number of carbonyl (C=O) groups excluding carboxylic acids is 1. The number of benzene rings is 1. The van der Waals surface area contributed by atoms with Crippen LogP contribution in [0.5, 0.6) is 5.88 Å². The van der Waals surface area contributed by atoms with Gasteiger partial charge in [0.05, 0.1) is 34.1 Å². The van der Waals surface area contributed by atoms with E-state index in [1.54, 1.807) is 41.3 Å². The first kappa shape index (κ1) is 25.8. The lowest BCUT2D eigenvalue weighted by molar-refractivity contribution is 0.0589. The highest BCUT2D eigenvalue weighted by Gasteiger charge is 2.29. The van der Waals surface area contributed by atoms with E-state index in [1.165, 1.54) is 12.6 Å². The van der Waals surface area contributed by atoms with E-state index < -0.39 is 9.84 Å². The van der Waals surface area contributed by atoms with Gasteiger partial charge in [-0.05, 0) is 52.0 Å². The van der Waals surface area contributed by atoms with E-state index in [2.05, 4.69) is 40.9 Å². The fourth-order valence-corrected chi connectivity index (χ4v) is 5.37. The van der Waals surface area contributed by atoms with Crippen molar-refractivity contribution in [3.8, 4) is 11.6 Å². The van der Waals surface area contributed by atoms with Crippen molar-refractivity contribution in [3.05, 3.63) is 54.2 Å². The van der Waals surface area contributed by atoms with E-state index >= 15 is 0 Å². The number of sulfone groups is 1. The van der Waals surface area contributed by atoms with Crippen molar-refractivity contribution in [2.45, 2.75) is 57.1 Å². The number of amides is 1. The zero-order valence-electron chi connectivity index (χ0n) is 22.1. The van der Waals surface area contributed by atoms with E-state index in [4.69, 9.17) is 4.74 Å². The third-order valence-corrected chi connectivity index (χ3v) is 7.85. The molecule has 0 unspecified atom stereocenters. The molecule has 1 fully saturated rings. The van der Waals surface area contributed by atoms with E-state index in [1.807, 2.05) is 16.5 Å². The van der Waals surface area contributed by atoms with Crippen molar-refractivity contribution in [1.29, 1.82) is 0 Å². The summed E-state index contributed by atoms with van der Waals surface area (Å²) in [6, 6.07) is 6.46. The number of aromatic nitrogens is 6. The molecule has 11 nitrogen and oxygen atoms in total. The predicted octanol–water partition coefficient (Wildman–Crippen LogP) is 3.16. The molecule has 0 N–H and O–H groups in total. The van der Waals surface area contributed by atoms with Crippen LogP contribution in [0.3, 0.4) is 0 Å². The second kappa shape index (κ2) is 9.50. The van der Waals surface area contributed by atoms with Crippen LogP contribution in [0.25, 0.3) is 16.7 Å². The molecule has 1 aliphatic heterocycles. The molecular weight excluding hydrogens is 506 g/mol. The van der Waals surface area contributed by atoms with Crippen LogP contribution in [0.4, 0.5) is 0 Å². The molecule has 12 heteroatoms.